The highest BCUT2D eigenvalue weighted by molar-refractivity contribution is 6.07. The van der Waals surface area contributed by atoms with Crippen LogP contribution in [0.2, 0.25) is 0 Å². The molecule has 0 saturated carbocycles. The molecule has 0 spiro atoms. The van der Waals surface area contributed by atoms with Crippen LogP contribution in [0.25, 0.3) is 28.2 Å². The van der Waals surface area contributed by atoms with Gasteiger partial charge in [-0.05, 0) is 51.4 Å². The number of anilines is 1. The van der Waals surface area contributed by atoms with Gasteiger partial charge in [0.05, 0.1) is 36.5 Å². The molecule has 8 rings (SSSR count). The van der Waals surface area contributed by atoms with Gasteiger partial charge in [-0.2, -0.15) is 23.4 Å². The van der Waals surface area contributed by atoms with Gasteiger partial charge in [-0.3, -0.25) is 34.8 Å². The Labute approximate surface area is 326 Å². The second-order valence-electron chi connectivity index (χ2n) is 14.6. The van der Waals surface area contributed by atoms with Crippen molar-refractivity contribution in [1.29, 1.82) is 0 Å². The molecule has 2 aliphatic heterocycles. The van der Waals surface area contributed by atoms with Crippen LogP contribution in [-0.2, 0) is 23.3 Å². The summed E-state index contributed by atoms with van der Waals surface area (Å²) >= 11 is 0. The number of urea groups is 1. The summed E-state index contributed by atoms with van der Waals surface area (Å²) < 4.78 is 62.2. The summed E-state index contributed by atoms with van der Waals surface area (Å²) in [4.78, 5) is 57.4. The molecule has 0 aliphatic carbocycles. The number of aromatic nitrogens is 9. The molecule has 5 aromatic heterocycles. The van der Waals surface area contributed by atoms with Crippen molar-refractivity contribution in [2.45, 2.75) is 63.7 Å². The largest absolute Gasteiger partial charge is 0.401 e. The normalized spacial score (nSPS) is 15.9. The van der Waals surface area contributed by atoms with E-state index in [9.17, 15) is 27.6 Å². The molecule has 2 aliphatic rings. The van der Waals surface area contributed by atoms with Gasteiger partial charge in [-0.25, -0.2) is 28.7 Å². The van der Waals surface area contributed by atoms with E-state index in [4.69, 9.17) is 9.51 Å². The third kappa shape index (κ3) is 7.59. The summed E-state index contributed by atoms with van der Waals surface area (Å²) in [6.45, 7) is 4.07. The number of amides is 4. The minimum Gasteiger partial charge on any atom is -0.350 e. The zero-order chi connectivity index (χ0) is 40.8. The lowest BCUT2D eigenvalue weighted by atomic mass is 9.92. The number of H-pyrrole nitrogens is 1. The quantitative estimate of drug-likeness (QED) is 0.161. The number of halogens is 4. The molecule has 0 bridgehead atoms. The highest BCUT2D eigenvalue weighted by atomic mass is 19.4. The first kappa shape index (κ1) is 38.2. The number of imide groups is 1. The van der Waals surface area contributed by atoms with Gasteiger partial charge in [0, 0.05) is 55.0 Å². The lowest BCUT2D eigenvalue weighted by Crippen LogP contribution is -2.49. The second-order valence-corrected chi connectivity index (χ2v) is 14.6. The Kier molecular flexibility index (Phi) is 9.91. The molecule has 2 fully saturated rings. The molecule has 17 nitrogen and oxygen atoms in total. The lowest BCUT2D eigenvalue weighted by molar-refractivity contribution is -0.182. The van der Waals surface area contributed by atoms with E-state index in [1.165, 1.54) is 29.4 Å². The number of benzene rings is 1. The van der Waals surface area contributed by atoms with E-state index in [-0.39, 0.29) is 54.4 Å². The zero-order valence-corrected chi connectivity index (χ0v) is 31.0. The Morgan fingerprint density at radius 1 is 1.02 bits per heavy atom. The molecule has 7 heterocycles. The van der Waals surface area contributed by atoms with Crippen molar-refractivity contribution < 1.29 is 36.5 Å². The average Bonchev–Trinajstić information content (AvgIpc) is 3.98. The maximum atomic E-state index is 15.4. The van der Waals surface area contributed by atoms with Crippen LogP contribution in [0, 0.1) is 5.82 Å². The van der Waals surface area contributed by atoms with E-state index >= 15 is 4.39 Å². The van der Waals surface area contributed by atoms with Crippen LogP contribution in [-0.4, -0.2) is 93.5 Å². The van der Waals surface area contributed by atoms with Gasteiger partial charge in [0.15, 0.2) is 17.3 Å². The van der Waals surface area contributed by atoms with E-state index in [1.54, 1.807) is 23.0 Å². The van der Waals surface area contributed by atoms with Gasteiger partial charge in [0.25, 0.3) is 5.91 Å². The molecule has 4 amide bonds. The van der Waals surface area contributed by atoms with Crippen molar-refractivity contribution in [1.82, 2.24) is 60.4 Å². The summed E-state index contributed by atoms with van der Waals surface area (Å²) in [6, 6.07) is 5.86. The fraction of sp³-hybridized carbons (Fsp3) is 0.351. The number of likely N-dealkylation sites (tertiary alicyclic amines) is 1. The Morgan fingerprint density at radius 2 is 1.79 bits per heavy atom. The van der Waals surface area contributed by atoms with E-state index < -0.39 is 35.2 Å². The summed E-state index contributed by atoms with van der Waals surface area (Å²) in [5.74, 6) is -1.76. The number of hydrogen-bond donors (Lipinski definition) is 3. The predicted octanol–water partition coefficient (Wildman–Crippen LogP) is 4.69. The first-order valence-corrected chi connectivity index (χ1v) is 18.2. The molecule has 21 heteroatoms. The van der Waals surface area contributed by atoms with Gasteiger partial charge in [-0.15, -0.1) is 0 Å². The number of nitrogens with one attached hydrogen (secondary N) is 3. The molecule has 58 heavy (non-hydrogen) atoms. The third-order valence-corrected chi connectivity index (χ3v) is 10.3. The number of fused-ring (bicyclic) bond motifs is 1. The topological polar surface area (TPSA) is 205 Å². The molecule has 0 radical (unpaired) electrons. The monoisotopic (exact) mass is 801 g/mol. The second kappa shape index (κ2) is 15.0. The van der Waals surface area contributed by atoms with Gasteiger partial charge >= 0.3 is 12.2 Å². The van der Waals surface area contributed by atoms with Crippen molar-refractivity contribution in [3.63, 3.8) is 0 Å². The average molecular weight is 802 g/mol. The van der Waals surface area contributed by atoms with Crippen molar-refractivity contribution >= 4 is 29.0 Å². The molecule has 0 unspecified atom stereocenters. The van der Waals surface area contributed by atoms with E-state index in [1.807, 2.05) is 12.3 Å². The van der Waals surface area contributed by atoms with Gasteiger partial charge < -0.3 is 9.84 Å². The maximum absolute atomic E-state index is 15.4. The van der Waals surface area contributed by atoms with Crippen molar-refractivity contribution in [2.75, 3.05) is 24.5 Å². The van der Waals surface area contributed by atoms with Gasteiger partial charge in [0.1, 0.15) is 22.6 Å². The summed E-state index contributed by atoms with van der Waals surface area (Å²) in [6.07, 6.45) is 5.41. The number of nitrogens with zero attached hydrogens (tertiary/aromatic N) is 10. The fourth-order valence-corrected chi connectivity index (χ4v) is 6.75. The molecule has 3 N–H and O–H groups in total. The lowest BCUT2D eigenvalue weighted by Gasteiger charge is -2.31. The van der Waals surface area contributed by atoms with Crippen LogP contribution >= 0.6 is 0 Å². The summed E-state index contributed by atoms with van der Waals surface area (Å²) in [7, 11) is 0. The number of carbonyl (C=O) groups excluding carboxylic acids is 3. The van der Waals surface area contributed by atoms with Crippen molar-refractivity contribution in [2.24, 2.45) is 0 Å². The molecule has 300 valence electrons. The molecule has 2 saturated heterocycles. The summed E-state index contributed by atoms with van der Waals surface area (Å²) in [5, 5.41) is 19.1. The molecule has 1 aromatic carbocycles. The predicted molar refractivity (Wildman–Crippen MR) is 195 cm³/mol. The Hall–Kier alpha value is -6.64. The van der Waals surface area contributed by atoms with Gasteiger partial charge in [0.2, 0.25) is 11.7 Å². The van der Waals surface area contributed by atoms with E-state index in [0.29, 0.717) is 28.9 Å². The highest BCUT2D eigenvalue weighted by Gasteiger charge is 2.51. The smallest absolute Gasteiger partial charge is 0.350 e. The van der Waals surface area contributed by atoms with E-state index in [0.717, 1.165) is 51.0 Å². The van der Waals surface area contributed by atoms with Crippen LogP contribution in [0.15, 0.2) is 59.8 Å². The number of carbonyl (C=O) groups is 3. The Balaban J connectivity index is 0.835. The number of piperidine rings is 1. The minimum absolute atomic E-state index is 0.0171. The summed E-state index contributed by atoms with van der Waals surface area (Å²) in [5.41, 5.74) is 1.56. The SMILES string of the molecule is CC(C)(c1n[nH]c(CNC(=O)c2cc(-c3ncc(-c4ccc(CN5CCC(c6cn7ncc(N8CCC(=O)NC8=O)c7cn6)CC5)cc4F)cn3)no2)n1)C(F)(F)F. The van der Waals surface area contributed by atoms with Gasteiger partial charge in [-0.1, -0.05) is 17.3 Å². The maximum Gasteiger partial charge on any atom is 0.401 e. The molecular formula is C37H35F4N13O4. The van der Waals surface area contributed by atoms with Crippen LogP contribution in [0.5, 0.6) is 0 Å². The number of aromatic amines is 1. The number of alkyl halides is 3. The van der Waals surface area contributed by atoms with Crippen molar-refractivity contribution in [3.8, 4) is 22.6 Å². The highest BCUT2D eigenvalue weighted by Crippen LogP contribution is 2.38. The standard InChI is InChI=1S/C37H35F4N13O4/c1-36(2,37(39,40)41)34-47-30(49-50-34)17-45-33(56)29-12-25(51-58-29)32-43-13-22(14-44-32)23-4-3-20(11-24(23)38)18-52-8-5-21(6-9-52)26-19-54-28(15-42-26)27(16-46-54)53-10-7-31(55)48-35(53)57/h3-4,11-16,19,21H,5-10,17-18H2,1-2H3,(H,45,56)(H,47,49,50)(H,48,55,57). The number of hydrogen-bond acceptors (Lipinski definition) is 12. The van der Waals surface area contributed by atoms with E-state index in [2.05, 4.69) is 50.9 Å². The van der Waals surface area contributed by atoms with Crippen LogP contribution in [0.1, 0.15) is 72.5 Å². The Bertz CT molecular complexity index is 2510. The zero-order valence-electron chi connectivity index (χ0n) is 31.0. The first-order chi connectivity index (χ1) is 27.7. The number of rotatable bonds is 10. The third-order valence-electron chi connectivity index (χ3n) is 10.3. The van der Waals surface area contributed by atoms with Crippen LogP contribution in [0.4, 0.5) is 28.0 Å². The first-order valence-electron chi connectivity index (χ1n) is 18.2. The molecule has 0 atom stereocenters. The molecular weight excluding hydrogens is 766 g/mol. The van der Waals surface area contributed by atoms with Crippen LogP contribution < -0.4 is 15.5 Å². The minimum atomic E-state index is -4.57. The molecule has 6 aromatic rings. The fourth-order valence-electron chi connectivity index (χ4n) is 6.75. The Morgan fingerprint density at radius 3 is 2.52 bits per heavy atom. The van der Waals surface area contributed by atoms with Crippen molar-refractivity contribution in [3.05, 3.63) is 89.7 Å². The van der Waals surface area contributed by atoms with Crippen LogP contribution in [0.3, 0.4) is 0 Å².